The van der Waals surface area contributed by atoms with Crippen LogP contribution in [0.5, 0.6) is 5.75 Å². The number of halogens is 2. The van der Waals surface area contributed by atoms with Gasteiger partial charge in [0.2, 0.25) is 0 Å². The smallest absolute Gasteiger partial charge is 0.321 e. The average molecular weight is 346 g/mol. The van der Waals surface area contributed by atoms with Crippen LogP contribution in [0.4, 0.5) is 19.3 Å². The second-order valence-electron chi connectivity index (χ2n) is 6.06. The van der Waals surface area contributed by atoms with E-state index < -0.39 is 11.6 Å². The Morgan fingerprint density at radius 2 is 1.84 bits per heavy atom. The number of likely N-dealkylation sites (tertiary alicyclic amines) is 1. The molecule has 1 heterocycles. The van der Waals surface area contributed by atoms with Gasteiger partial charge in [-0.05, 0) is 42.5 Å². The quantitative estimate of drug-likeness (QED) is 0.896. The number of nitrogens with one attached hydrogen (secondary N) is 1. The van der Waals surface area contributed by atoms with Gasteiger partial charge in [0.15, 0.2) is 11.6 Å². The standard InChI is InChI=1S/C19H20F2N2O2/c1-25-18-5-3-2-4-15(18)13-8-10-23(11-9-13)19(24)22-14-6-7-16(20)17(21)12-14/h2-7,12-13H,8-11H2,1H3,(H,22,24). The Balaban J connectivity index is 1.60. The van der Waals surface area contributed by atoms with E-state index in [2.05, 4.69) is 11.4 Å². The first-order chi connectivity index (χ1) is 12.1. The van der Waals surface area contributed by atoms with Gasteiger partial charge in [0.1, 0.15) is 5.75 Å². The third kappa shape index (κ3) is 3.90. The van der Waals surface area contributed by atoms with Gasteiger partial charge >= 0.3 is 6.03 Å². The Morgan fingerprint density at radius 1 is 1.12 bits per heavy atom. The van der Waals surface area contributed by atoms with E-state index in [9.17, 15) is 13.6 Å². The van der Waals surface area contributed by atoms with Crippen LogP contribution in [0.25, 0.3) is 0 Å². The number of amides is 2. The molecule has 2 aromatic carbocycles. The zero-order valence-electron chi connectivity index (χ0n) is 14.0. The van der Waals surface area contributed by atoms with Crippen molar-refractivity contribution in [2.24, 2.45) is 0 Å². The zero-order chi connectivity index (χ0) is 17.8. The molecule has 1 saturated heterocycles. The Labute approximate surface area is 145 Å². The molecule has 132 valence electrons. The van der Waals surface area contributed by atoms with E-state index >= 15 is 0 Å². The molecule has 1 aliphatic heterocycles. The molecule has 0 bridgehead atoms. The number of methoxy groups -OCH3 is 1. The van der Waals surface area contributed by atoms with E-state index in [1.807, 2.05) is 18.2 Å². The predicted molar refractivity (Wildman–Crippen MR) is 91.9 cm³/mol. The third-order valence-electron chi connectivity index (χ3n) is 4.53. The highest BCUT2D eigenvalue weighted by molar-refractivity contribution is 5.89. The first-order valence-corrected chi connectivity index (χ1v) is 8.22. The second-order valence-corrected chi connectivity index (χ2v) is 6.06. The van der Waals surface area contributed by atoms with Crippen molar-refractivity contribution in [3.05, 3.63) is 59.7 Å². The van der Waals surface area contributed by atoms with Crippen LogP contribution in [0.3, 0.4) is 0 Å². The molecule has 0 spiro atoms. The molecule has 4 nitrogen and oxygen atoms in total. The van der Waals surface area contributed by atoms with Crippen LogP contribution in [0, 0.1) is 11.6 Å². The van der Waals surface area contributed by atoms with Gasteiger partial charge in [0.25, 0.3) is 0 Å². The Kier molecular flexibility index (Phi) is 5.16. The maximum Gasteiger partial charge on any atom is 0.321 e. The largest absolute Gasteiger partial charge is 0.496 e. The number of ether oxygens (including phenoxy) is 1. The zero-order valence-corrected chi connectivity index (χ0v) is 14.0. The van der Waals surface area contributed by atoms with Gasteiger partial charge in [-0.15, -0.1) is 0 Å². The number of hydrogen-bond donors (Lipinski definition) is 1. The molecule has 0 radical (unpaired) electrons. The van der Waals surface area contributed by atoms with Gasteiger partial charge in [-0.25, -0.2) is 13.6 Å². The van der Waals surface area contributed by atoms with Crippen LogP contribution in [0.2, 0.25) is 0 Å². The molecule has 1 aliphatic rings. The predicted octanol–water partition coefficient (Wildman–Crippen LogP) is 4.38. The lowest BCUT2D eigenvalue weighted by Crippen LogP contribution is -2.40. The Morgan fingerprint density at radius 3 is 2.52 bits per heavy atom. The van der Waals surface area contributed by atoms with E-state index in [0.717, 1.165) is 36.3 Å². The van der Waals surface area contributed by atoms with Crippen molar-refractivity contribution >= 4 is 11.7 Å². The number of hydrogen-bond acceptors (Lipinski definition) is 2. The van der Waals surface area contributed by atoms with Crippen molar-refractivity contribution in [3.63, 3.8) is 0 Å². The molecular formula is C19H20F2N2O2. The van der Waals surface area contributed by atoms with Crippen molar-refractivity contribution < 1.29 is 18.3 Å². The summed E-state index contributed by atoms with van der Waals surface area (Å²) < 4.78 is 31.6. The van der Waals surface area contributed by atoms with E-state index in [-0.39, 0.29) is 11.7 Å². The van der Waals surface area contributed by atoms with Crippen molar-refractivity contribution in [3.8, 4) is 5.75 Å². The number of para-hydroxylation sites is 1. The van der Waals surface area contributed by atoms with Crippen LogP contribution < -0.4 is 10.1 Å². The monoisotopic (exact) mass is 346 g/mol. The molecule has 25 heavy (non-hydrogen) atoms. The lowest BCUT2D eigenvalue weighted by molar-refractivity contribution is 0.194. The summed E-state index contributed by atoms with van der Waals surface area (Å²) >= 11 is 0. The highest BCUT2D eigenvalue weighted by Gasteiger charge is 2.25. The highest BCUT2D eigenvalue weighted by atomic mass is 19.2. The first-order valence-electron chi connectivity index (χ1n) is 8.22. The van der Waals surface area contributed by atoms with Crippen molar-refractivity contribution in [1.82, 2.24) is 4.90 Å². The van der Waals surface area contributed by atoms with E-state index in [1.165, 1.54) is 6.07 Å². The number of carbonyl (C=O) groups is 1. The molecule has 2 amide bonds. The van der Waals surface area contributed by atoms with Gasteiger partial charge in [-0.3, -0.25) is 0 Å². The molecule has 6 heteroatoms. The van der Waals surface area contributed by atoms with Crippen LogP contribution in [0.15, 0.2) is 42.5 Å². The van der Waals surface area contributed by atoms with Crippen molar-refractivity contribution in [2.75, 3.05) is 25.5 Å². The number of rotatable bonds is 3. The van der Waals surface area contributed by atoms with Gasteiger partial charge < -0.3 is 15.0 Å². The van der Waals surface area contributed by atoms with Crippen LogP contribution in [0.1, 0.15) is 24.3 Å². The molecular weight excluding hydrogens is 326 g/mol. The number of carbonyl (C=O) groups excluding carboxylic acids is 1. The summed E-state index contributed by atoms with van der Waals surface area (Å²) in [6.45, 7) is 1.19. The molecule has 0 aromatic heterocycles. The molecule has 1 fully saturated rings. The summed E-state index contributed by atoms with van der Waals surface area (Å²) in [6.07, 6.45) is 1.65. The fourth-order valence-corrected chi connectivity index (χ4v) is 3.17. The molecule has 0 unspecified atom stereocenters. The lowest BCUT2D eigenvalue weighted by atomic mass is 9.89. The summed E-state index contributed by atoms with van der Waals surface area (Å²) in [7, 11) is 1.66. The van der Waals surface area contributed by atoms with Gasteiger partial charge in [0.05, 0.1) is 7.11 Å². The molecule has 0 atom stereocenters. The van der Waals surface area contributed by atoms with Crippen LogP contribution >= 0.6 is 0 Å². The molecule has 1 N–H and O–H groups in total. The lowest BCUT2D eigenvalue weighted by Gasteiger charge is -2.32. The minimum atomic E-state index is -0.979. The van der Waals surface area contributed by atoms with Gasteiger partial charge in [0, 0.05) is 24.8 Å². The van der Waals surface area contributed by atoms with Gasteiger partial charge in [-0.2, -0.15) is 0 Å². The summed E-state index contributed by atoms with van der Waals surface area (Å²) in [5.41, 5.74) is 1.40. The average Bonchev–Trinajstić information content (AvgIpc) is 2.65. The van der Waals surface area contributed by atoms with Crippen LogP contribution in [-0.2, 0) is 0 Å². The Hall–Kier alpha value is -2.63. The topological polar surface area (TPSA) is 41.6 Å². The van der Waals surface area contributed by atoms with Crippen molar-refractivity contribution in [1.29, 1.82) is 0 Å². The Bertz CT molecular complexity index is 759. The summed E-state index contributed by atoms with van der Waals surface area (Å²) in [6, 6.07) is 10.9. The maximum absolute atomic E-state index is 13.2. The summed E-state index contributed by atoms with van der Waals surface area (Å²) in [5, 5.41) is 2.61. The first kappa shape index (κ1) is 17.2. The maximum atomic E-state index is 13.2. The third-order valence-corrected chi connectivity index (χ3v) is 4.53. The summed E-state index contributed by atoms with van der Waals surface area (Å²) in [4.78, 5) is 14.0. The summed E-state index contributed by atoms with van der Waals surface area (Å²) in [5.74, 6) is -0.709. The molecule has 3 rings (SSSR count). The molecule has 2 aromatic rings. The number of benzene rings is 2. The minimum Gasteiger partial charge on any atom is -0.496 e. The number of urea groups is 1. The highest BCUT2D eigenvalue weighted by Crippen LogP contribution is 2.34. The number of anilines is 1. The fourth-order valence-electron chi connectivity index (χ4n) is 3.17. The van der Waals surface area contributed by atoms with Crippen LogP contribution in [-0.4, -0.2) is 31.1 Å². The SMILES string of the molecule is COc1ccccc1C1CCN(C(=O)Nc2ccc(F)c(F)c2)CC1. The van der Waals surface area contributed by atoms with E-state index in [4.69, 9.17) is 4.74 Å². The van der Waals surface area contributed by atoms with E-state index in [0.29, 0.717) is 19.0 Å². The minimum absolute atomic E-state index is 0.246. The van der Waals surface area contributed by atoms with Gasteiger partial charge in [-0.1, -0.05) is 18.2 Å². The second kappa shape index (κ2) is 7.51. The van der Waals surface area contributed by atoms with E-state index in [1.54, 1.807) is 12.0 Å². The normalized spacial score (nSPS) is 15.1. The van der Waals surface area contributed by atoms with Crippen molar-refractivity contribution in [2.45, 2.75) is 18.8 Å². The number of piperidine rings is 1. The molecule has 0 aliphatic carbocycles. The fraction of sp³-hybridized carbons (Fsp3) is 0.316. The molecule has 0 saturated carbocycles. The number of nitrogens with zero attached hydrogens (tertiary/aromatic N) is 1.